The van der Waals surface area contributed by atoms with Crippen molar-refractivity contribution in [3.05, 3.63) is 0 Å². The molecule has 7 heteroatoms. The summed E-state index contributed by atoms with van der Waals surface area (Å²) in [4.78, 5) is 25.1. The zero-order valence-electron chi connectivity index (χ0n) is 17.3. The van der Waals surface area contributed by atoms with Crippen LogP contribution in [0.15, 0.2) is 0 Å². The Hall–Kier alpha value is -0.400. The minimum atomic E-state index is -0.472. The minimum Gasteiger partial charge on any atom is -0.465 e. The second-order valence-corrected chi connectivity index (χ2v) is 11.7. The molecular formula is C21H34O5S2. The summed E-state index contributed by atoms with van der Waals surface area (Å²) < 4.78 is 16.9. The zero-order chi connectivity index (χ0) is 20.1. The highest BCUT2D eigenvalue weighted by atomic mass is 32.2. The average Bonchev–Trinajstić information content (AvgIpc) is 3.48. The number of hydrogen-bond acceptors (Lipinski definition) is 7. The Labute approximate surface area is 177 Å². The van der Waals surface area contributed by atoms with Gasteiger partial charge in [-0.25, -0.2) is 0 Å². The van der Waals surface area contributed by atoms with Gasteiger partial charge in [0.05, 0.1) is 23.9 Å². The Morgan fingerprint density at radius 1 is 0.964 bits per heavy atom. The molecule has 0 radical (unpaired) electrons. The molecule has 0 N–H and O–H groups in total. The van der Waals surface area contributed by atoms with Gasteiger partial charge < -0.3 is 14.2 Å². The molecule has 3 rings (SSSR count). The van der Waals surface area contributed by atoms with Gasteiger partial charge in [0.2, 0.25) is 0 Å². The molecule has 6 unspecified atom stereocenters. The van der Waals surface area contributed by atoms with E-state index in [0.29, 0.717) is 17.1 Å². The highest BCUT2D eigenvalue weighted by molar-refractivity contribution is 8.07. The second kappa shape index (κ2) is 10.1. The summed E-state index contributed by atoms with van der Waals surface area (Å²) >= 11 is 3.91. The highest BCUT2D eigenvalue weighted by Crippen LogP contribution is 2.52. The second-order valence-electron chi connectivity index (χ2n) is 8.63. The van der Waals surface area contributed by atoms with E-state index in [2.05, 4.69) is 6.92 Å². The van der Waals surface area contributed by atoms with Crippen LogP contribution in [-0.4, -0.2) is 60.4 Å². The number of methoxy groups -OCH3 is 1. The number of ether oxygens (including phenoxy) is 3. The Balaban J connectivity index is 1.50. The number of hydrogen-bond donors (Lipinski definition) is 0. The average molecular weight is 431 g/mol. The van der Waals surface area contributed by atoms with Crippen LogP contribution in [-0.2, 0) is 23.8 Å². The van der Waals surface area contributed by atoms with E-state index in [-0.39, 0.29) is 37.0 Å². The van der Waals surface area contributed by atoms with Gasteiger partial charge in [-0.05, 0) is 44.3 Å². The summed E-state index contributed by atoms with van der Waals surface area (Å²) in [6.07, 6.45) is 5.50. The minimum absolute atomic E-state index is 0.0119. The normalized spacial score (nSPS) is 34.0. The number of carbonyl (C=O) groups excluding carboxylic acids is 2. The van der Waals surface area contributed by atoms with Crippen LogP contribution in [0.5, 0.6) is 0 Å². The highest BCUT2D eigenvalue weighted by Gasteiger charge is 2.46. The van der Waals surface area contributed by atoms with Crippen LogP contribution < -0.4 is 0 Å². The van der Waals surface area contributed by atoms with Gasteiger partial charge in [0.15, 0.2) is 0 Å². The van der Waals surface area contributed by atoms with E-state index in [0.717, 1.165) is 49.5 Å². The molecule has 160 valence electrons. The topological polar surface area (TPSA) is 61.8 Å². The maximum Gasteiger partial charge on any atom is 0.309 e. The van der Waals surface area contributed by atoms with Crippen molar-refractivity contribution in [2.24, 2.45) is 17.3 Å². The molecule has 0 spiro atoms. The molecular weight excluding hydrogens is 396 g/mol. The molecule has 0 amide bonds. The fraction of sp³-hybridized carbons (Fsp3) is 0.905. The zero-order valence-corrected chi connectivity index (χ0v) is 18.9. The number of carbonyl (C=O) groups is 2. The van der Waals surface area contributed by atoms with Gasteiger partial charge in [-0.2, -0.15) is 23.5 Å². The first kappa shape index (κ1) is 22.3. The van der Waals surface area contributed by atoms with E-state index in [1.165, 1.54) is 0 Å². The Bertz CT molecular complexity index is 533. The van der Waals surface area contributed by atoms with Crippen molar-refractivity contribution in [3.8, 4) is 0 Å². The fourth-order valence-electron chi connectivity index (χ4n) is 4.25. The van der Waals surface area contributed by atoms with Crippen LogP contribution in [0.4, 0.5) is 0 Å². The molecule has 3 fully saturated rings. The van der Waals surface area contributed by atoms with Crippen molar-refractivity contribution in [3.63, 3.8) is 0 Å². The third-order valence-electron chi connectivity index (χ3n) is 6.40. The van der Waals surface area contributed by atoms with Crippen molar-refractivity contribution in [2.45, 2.75) is 68.1 Å². The van der Waals surface area contributed by atoms with E-state index in [1.807, 2.05) is 30.4 Å². The Morgan fingerprint density at radius 3 is 2.21 bits per heavy atom. The number of rotatable bonds is 9. The van der Waals surface area contributed by atoms with E-state index in [1.54, 1.807) is 7.11 Å². The summed E-state index contributed by atoms with van der Waals surface area (Å²) in [7, 11) is 1.64. The largest absolute Gasteiger partial charge is 0.465 e. The summed E-state index contributed by atoms with van der Waals surface area (Å²) in [5.41, 5.74) is -0.472. The van der Waals surface area contributed by atoms with E-state index < -0.39 is 5.41 Å². The molecule has 0 aromatic heterocycles. The Kier molecular flexibility index (Phi) is 8.02. The van der Waals surface area contributed by atoms with Gasteiger partial charge in [-0.3, -0.25) is 9.59 Å². The first-order valence-electron chi connectivity index (χ1n) is 10.6. The summed E-state index contributed by atoms with van der Waals surface area (Å²) in [5, 5.41) is 1.95. The molecule has 28 heavy (non-hydrogen) atoms. The first-order valence-corrected chi connectivity index (χ1v) is 12.5. The fourth-order valence-corrected chi connectivity index (χ4v) is 6.66. The van der Waals surface area contributed by atoms with Crippen LogP contribution in [0.1, 0.15) is 52.4 Å². The van der Waals surface area contributed by atoms with Crippen LogP contribution in [0.2, 0.25) is 0 Å². The number of fused-ring (bicyclic) bond motifs is 1. The molecule has 3 aliphatic rings. The third-order valence-corrected chi connectivity index (χ3v) is 9.10. The lowest BCUT2D eigenvalue weighted by Gasteiger charge is -2.33. The van der Waals surface area contributed by atoms with Gasteiger partial charge in [-0.15, -0.1) is 0 Å². The molecule has 0 aromatic carbocycles. The maximum absolute atomic E-state index is 12.6. The van der Waals surface area contributed by atoms with Gasteiger partial charge in [0.25, 0.3) is 0 Å². The monoisotopic (exact) mass is 430 g/mol. The van der Waals surface area contributed by atoms with Crippen LogP contribution >= 0.6 is 23.5 Å². The number of esters is 2. The van der Waals surface area contributed by atoms with Crippen LogP contribution in [0.3, 0.4) is 0 Å². The van der Waals surface area contributed by atoms with Crippen LogP contribution in [0.25, 0.3) is 0 Å². The lowest BCUT2D eigenvalue weighted by molar-refractivity contribution is -0.163. The van der Waals surface area contributed by atoms with E-state index in [9.17, 15) is 9.59 Å². The lowest BCUT2D eigenvalue weighted by Crippen LogP contribution is -2.40. The van der Waals surface area contributed by atoms with Crippen molar-refractivity contribution >= 4 is 35.5 Å². The molecule has 6 atom stereocenters. The predicted octanol–water partition coefficient (Wildman–Crippen LogP) is 3.93. The summed E-state index contributed by atoms with van der Waals surface area (Å²) in [5.74, 6) is 0.817. The van der Waals surface area contributed by atoms with Crippen molar-refractivity contribution in [2.75, 3.05) is 32.7 Å². The van der Waals surface area contributed by atoms with Crippen molar-refractivity contribution in [1.82, 2.24) is 0 Å². The quantitative estimate of drug-likeness (QED) is 0.406. The molecule has 2 heterocycles. The molecule has 2 saturated heterocycles. The molecule has 1 saturated carbocycles. The summed E-state index contributed by atoms with van der Waals surface area (Å²) in [6.45, 7) is 5.10. The van der Waals surface area contributed by atoms with Crippen LogP contribution in [0, 0.1) is 17.3 Å². The van der Waals surface area contributed by atoms with Gasteiger partial charge in [-0.1, -0.05) is 13.8 Å². The van der Waals surface area contributed by atoms with Gasteiger partial charge in [0, 0.05) is 22.9 Å². The van der Waals surface area contributed by atoms with E-state index >= 15 is 0 Å². The smallest absolute Gasteiger partial charge is 0.309 e. The third kappa shape index (κ3) is 5.82. The summed E-state index contributed by atoms with van der Waals surface area (Å²) in [6, 6.07) is 0. The van der Waals surface area contributed by atoms with Crippen molar-refractivity contribution in [1.29, 1.82) is 0 Å². The maximum atomic E-state index is 12.6. The molecule has 5 nitrogen and oxygen atoms in total. The first-order chi connectivity index (χ1) is 13.5. The molecule has 0 aromatic rings. The Morgan fingerprint density at radius 2 is 1.64 bits per heavy atom. The standard InChI is InChI=1S/C21H34O5S2/c1-4-21(11-24-3,13-26-20(23)16-7-8-27-14(2)9-16)12-25-19(22)15-5-6-17-18(10-15)28-17/h14-18H,4-13H2,1-3H3. The predicted molar refractivity (Wildman–Crippen MR) is 114 cm³/mol. The molecule has 1 aliphatic carbocycles. The van der Waals surface area contributed by atoms with Gasteiger partial charge in [0.1, 0.15) is 13.2 Å². The lowest BCUT2D eigenvalue weighted by atomic mass is 9.87. The van der Waals surface area contributed by atoms with Gasteiger partial charge >= 0.3 is 11.9 Å². The van der Waals surface area contributed by atoms with Crippen molar-refractivity contribution < 1.29 is 23.8 Å². The van der Waals surface area contributed by atoms with E-state index in [4.69, 9.17) is 14.2 Å². The number of thioether (sulfide) groups is 2. The SMILES string of the molecule is CCC(COC)(COC(=O)C1CCSC(C)C1)COC(=O)C1CCC2SC2C1. The molecule has 0 bridgehead atoms. The molecule has 2 aliphatic heterocycles.